The lowest BCUT2D eigenvalue weighted by Crippen LogP contribution is -2.38. The van der Waals surface area contributed by atoms with Crippen LogP contribution in [0.5, 0.6) is 5.75 Å². The molecule has 1 amide bonds. The number of nitrogens with one attached hydrogen (secondary N) is 1. The van der Waals surface area contributed by atoms with Crippen LogP contribution in [-0.2, 0) is 4.79 Å². The first-order valence-corrected chi connectivity index (χ1v) is 6.92. The maximum absolute atomic E-state index is 11.8. The van der Waals surface area contributed by atoms with E-state index in [2.05, 4.69) is 21.2 Å². The van der Waals surface area contributed by atoms with E-state index in [1.54, 1.807) is 25.1 Å². The average Bonchev–Trinajstić information content (AvgIpc) is 2.37. The minimum atomic E-state index is -0.586. The second-order valence-corrected chi connectivity index (χ2v) is 5.56. The minimum Gasteiger partial charge on any atom is -0.480 e. The van der Waals surface area contributed by atoms with E-state index in [1.807, 2.05) is 13.8 Å². The van der Waals surface area contributed by atoms with E-state index in [0.717, 1.165) is 6.29 Å². The molecule has 1 atom stereocenters. The van der Waals surface area contributed by atoms with E-state index in [1.165, 1.54) is 0 Å². The zero-order chi connectivity index (χ0) is 14.4. The van der Waals surface area contributed by atoms with Gasteiger partial charge in [0.25, 0.3) is 5.91 Å². The molecule has 1 aromatic carbocycles. The number of aldehydes is 1. The molecule has 0 aliphatic carbocycles. The van der Waals surface area contributed by atoms with Gasteiger partial charge in [-0.2, -0.15) is 0 Å². The number of carbonyl (C=O) groups excluding carboxylic acids is 2. The van der Waals surface area contributed by atoms with Crippen molar-refractivity contribution >= 4 is 28.1 Å². The molecule has 0 saturated heterocycles. The van der Waals surface area contributed by atoms with Gasteiger partial charge in [0.05, 0.1) is 4.47 Å². The molecule has 1 aromatic rings. The van der Waals surface area contributed by atoms with Gasteiger partial charge in [-0.3, -0.25) is 9.59 Å². The Hall–Kier alpha value is -1.36. The van der Waals surface area contributed by atoms with Crippen molar-refractivity contribution in [2.45, 2.75) is 26.9 Å². The van der Waals surface area contributed by atoms with Crippen LogP contribution < -0.4 is 10.1 Å². The molecule has 0 fully saturated rings. The highest BCUT2D eigenvalue weighted by Crippen LogP contribution is 2.26. The first-order valence-electron chi connectivity index (χ1n) is 6.13. The lowest BCUT2D eigenvalue weighted by atomic mass is 10.2. The van der Waals surface area contributed by atoms with Crippen molar-refractivity contribution in [2.24, 2.45) is 5.92 Å². The summed E-state index contributed by atoms with van der Waals surface area (Å²) < 4.78 is 6.22. The number of carbonyl (C=O) groups is 2. The number of rotatable bonds is 6. The molecule has 0 spiro atoms. The van der Waals surface area contributed by atoms with E-state index in [-0.39, 0.29) is 5.91 Å². The third-order valence-corrected chi connectivity index (χ3v) is 3.07. The quantitative estimate of drug-likeness (QED) is 0.817. The van der Waals surface area contributed by atoms with Crippen LogP contribution in [-0.4, -0.2) is 24.8 Å². The Morgan fingerprint density at radius 1 is 1.42 bits per heavy atom. The van der Waals surface area contributed by atoms with Crippen LogP contribution in [0.25, 0.3) is 0 Å². The fraction of sp³-hybridized carbons (Fsp3) is 0.429. The average molecular weight is 328 g/mol. The lowest BCUT2D eigenvalue weighted by Gasteiger charge is -2.16. The summed E-state index contributed by atoms with van der Waals surface area (Å²) in [6.45, 7) is 6.37. The second-order valence-electron chi connectivity index (χ2n) is 4.71. The predicted molar refractivity (Wildman–Crippen MR) is 77.5 cm³/mol. The molecular formula is C14H18BrNO3. The number of ether oxygens (including phenoxy) is 1. The lowest BCUT2D eigenvalue weighted by molar-refractivity contribution is -0.127. The van der Waals surface area contributed by atoms with E-state index in [4.69, 9.17) is 4.74 Å². The molecule has 5 heteroatoms. The van der Waals surface area contributed by atoms with Crippen LogP contribution in [0.1, 0.15) is 31.1 Å². The molecule has 0 bridgehead atoms. The summed E-state index contributed by atoms with van der Waals surface area (Å²) in [5.74, 6) is 0.785. The predicted octanol–water partition coefficient (Wildman–Crippen LogP) is 2.80. The maximum Gasteiger partial charge on any atom is 0.260 e. The van der Waals surface area contributed by atoms with Gasteiger partial charge in [-0.05, 0) is 47.0 Å². The van der Waals surface area contributed by atoms with E-state index < -0.39 is 6.10 Å². The monoisotopic (exact) mass is 327 g/mol. The standard InChI is InChI=1S/C14H18BrNO3/c1-9(2)7-16-14(18)10(3)19-13-5-4-11(8-17)6-12(13)15/h4-6,8-10H,7H2,1-3H3,(H,16,18). The van der Waals surface area contributed by atoms with Crippen molar-refractivity contribution in [3.8, 4) is 5.75 Å². The molecule has 0 aliphatic rings. The molecule has 0 aliphatic heterocycles. The highest BCUT2D eigenvalue weighted by Gasteiger charge is 2.16. The van der Waals surface area contributed by atoms with Crippen molar-refractivity contribution in [3.63, 3.8) is 0 Å². The number of hydrogen-bond acceptors (Lipinski definition) is 3. The molecule has 0 saturated carbocycles. The third kappa shape index (κ3) is 5.03. The van der Waals surface area contributed by atoms with Gasteiger partial charge in [0, 0.05) is 12.1 Å². The second kappa shape index (κ2) is 7.28. The fourth-order valence-electron chi connectivity index (χ4n) is 1.38. The summed E-state index contributed by atoms with van der Waals surface area (Å²) in [6, 6.07) is 4.97. The van der Waals surface area contributed by atoms with Gasteiger partial charge in [0.2, 0.25) is 0 Å². The Morgan fingerprint density at radius 3 is 2.63 bits per heavy atom. The number of benzene rings is 1. The van der Waals surface area contributed by atoms with E-state index >= 15 is 0 Å². The first kappa shape index (κ1) is 15.7. The Kier molecular flexibility index (Phi) is 6.02. The van der Waals surface area contributed by atoms with E-state index in [0.29, 0.717) is 28.2 Å². The zero-order valence-corrected chi connectivity index (χ0v) is 12.9. The van der Waals surface area contributed by atoms with Crippen LogP contribution in [0.15, 0.2) is 22.7 Å². The van der Waals surface area contributed by atoms with Gasteiger partial charge in [0.1, 0.15) is 12.0 Å². The summed E-state index contributed by atoms with van der Waals surface area (Å²) >= 11 is 3.31. The Morgan fingerprint density at radius 2 is 2.11 bits per heavy atom. The van der Waals surface area contributed by atoms with Crippen molar-refractivity contribution in [3.05, 3.63) is 28.2 Å². The van der Waals surface area contributed by atoms with Gasteiger partial charge >= 0.3 is 0 Å². The SMILES string of the molecule is CC(C)CNC(=O)C(C)Oc1ccc(C=O)cc1Br. The van der Waals surface area contributed by atoms with Gasteiger partial charge in [-0.25, -0.2) is 0 Å². The summed E-state index contributed by atoms with van der Waals surface area (Å²) in [5.41, 5.74) is 0.552. The summed E-state index contributed by atoms with van der Waals surface area (Å²) in [7, 11) is 0. The molecular weight excluding hydrogens is 310 g/mol. The molecule has 104 valence electrons. The number of halogens is 1. The Labute approximate surface area is 121 Å². The van der Waals surface area contributed by atoms with Gasteiger partial charge in [-0.15, -0.1) is 0 Å². The van der Waals surface area contributed by atoms with Crippen LogP contribution in [0, 0.1) is 5.92 Å². The van der Waals surface area contributed by atoms with Crippen LogP contribution >= 0.6 is 15.9 Å². The van der Waals surface area contributed by atoms with Gasteiger partial charge in [0.15, 0.2) is 6.10 Å². The highest BCUT2D eigenvalue weighted by atomic mass is 79.9. The number of hydrogen-bond donors (Lipinski definition) is 1. The van der Waals surface area contributed by atoms with Gasteiger partial charge in [-0.1, -0.05) is 13.8 Å². The highest BCUT2D eigenvalue weighted by molar-refractivity contribution is 9.10. The first-order chi connectivity index (χ1) is 8.93. The molecule has 0 aromatic heterocycles. The Bertz CT molecular complexity index is 460. The molecule has 0 heterocycles. The normalized spacial score (nSPS) is 12.1. The zero-order valence-electron chi connectivity index (χ0n) is 11.3. The summed E-state index contributed by atoms with van der Waals surface area (Å²) in [4.78, 5) is 22.4. The number of amides is 1. The van der Waals surface area contributed by atoms with Crippen molar-refractivity contribution in [1.29, 1.82) is 0 Å². The molecule has 4 nitrogen and oxygen atoms in total. The van der Waals surface area contributed by atoms with Crippen LogP contribution in [0.2, 0.25) is 0 Å². The molecule has 1 unspecified atom stereocenters. The molecule has 0 radical (unpaired) electrons. The molecule has 19 heavy (non-hydrogen) atoms. The van der Waals surface area contributed by atoms with Crippen LogP contribution in [0.4, 0.5) is 0 Å². The van der Waals surface area contributed by atoms with Crippen molar-refractivity contribution in [2.75, 3.05) is 6.54 Å². The minimum absolute atomic E-state index is 0.153. The smallest absolute Gasteiger partial charge is 0.260 e. The summed E-state index contributed by atoms with van der Waals surface area (Å²) in [5, 5.41) is 2.81. The summed E-state index contributed by atoms with van der Waals surface area (Å²) in [6.07, 6.45) is 0.171. The third-order valence-electron chi connectivity index (χ3n) is 2.45. The molecule has 1 rings (SSSR count). The van der Waals surface area contributed by atoms with E-state index in [9.17, 15) is 9.59 Å². The van der Waals surface area contributed by atoms with Crippen LogP contribution in [0.3, 0.4) is 0 Å². The van der Waals surface area contributed by atoms with Gasteiger partial charge < -0.3 is 10.1 Å². The molecule has 1 N–H and O–H groups in total. The Balaban J connectivity index is 2.63. The van der Waals surface area contributed by atoms with Crippen molar-refractivity contribution < 1.29 is 14.3 Å². The maximum atomic E-state index is 11.8. The fourth-order valence-corrected chi connectivity index (χ4v) is 1.87. The largest absolute Gasteiger partial charge is 0.480 e. The van der Waals surface area contributed by atoms with Crippen molar-refractivity contribution in [1.82, 2.24) is 5.32 Å². The topological polar surface area (TPSA) is 55.4 Å².